The smallest absolute Gasteiger partial charge is 0.242 e. The van der Waals surface area contributed by atoms with Gasteiger partial charge in [0, 0.05) is 11.8 Å². The van der Waals surface area contributed by atoms with E-state index in [9.17, 15) is 4.79 Å². The Morgan fingerprint density at radius 3 is 2.94 bits per heavy atom. The molecule has 1 heterocycles. The fourth-order valence-electron chi connectivity index (χ4n) is 1.74. The molecule has 2 unspecified atom stereocenters. The maximum Gasteiger partial charge on any atom is 0.242 e. The molecule has 0 radical (unpaired) electrons. The standard InChI is InChI=1S/C12H21N3OS/c1-3-9-6-7-17-12(15-9)13-8(2)11(16)14-10-4-5-10/h8-10H,3-7H2,1-2H3,(H,13,15)(H,14,16). The van der Waals surface area contributed by atoms with Crippen molar-refractivity contribution in [2.75, 3.05) is 5.75 Å². The number of thioether (sulfide) groups is 1. The highest BCUT2D eigenvalue weighted by molar-refractivity contribution is 8.13. The molecule has 2 atom stereocenters. The van der Waals surface area contributed by atoms with Crippen molar-refractivity contribution in [3.05, 3.63) is 0 Å². The molecule has 1 aliphatic heterocycles. The topological polar surface area (TPSA) is 53.5 Å². The maximum atomic E-state index is 11.8. The summed E-state index contributed by atoms with van der Waals surface area (Å²) in [5.41, 5.74) is 0. The van der Waals surface area contributed by atoms with E-state index in [2.05, 4.69) is 22.5 Å². The van der Waals surface area contributed by atoms with Crippen LogP contribution in [0, 0.1) is 0 Å². The lowest BCUT2D eigenvalue weighted by molar-refractivity contribution is -0.122. The zero-order valence-corrected chi connectivity index (χ0v) is 11.3. The number of rotatable bonds is 4. The van der Waals surface area contributed by atoms with Gasteiger partial charge in [0.1, 0.15) is 6.04 Å². The summed E-state index contributed by atoms with van der Waals surface area (Å²) in [4.78, 5) is 16.4. The van der Waals surface area contributed by atoms with E-state index in [0.717, 1.165) is 36.6 Å². The van der Waals surface area contributed by atoms with Crippen molar-refractivity contribution in [1.29, 1.82) is 0 Å². The van der Waals surface area contributed by atoms with Crippen molar-refractivity contribution >= 4 is 22.8 Å². The molecule has 1 fully saturated rings. The molecule has 4 nitrogen and oxygen atoms in total. The van der Waals surface area contributed by atoms with Crippen LogP contribution in [0.15, 0.2) is 4.99 Å². The fraction of sp³-hybridized carbons (Fsp3) is 0.833. The van der Waals surface area contributed by atoms with Crippen LogP contribution in [0.1, 0.15) is 39.5 Å². The summed E-state index contributed by atoms with van der Waals surface area (Å²) in [6.07, 6.45) is 4.49. The van der Waals surface area contributed by atoms with Crippen LogP contribution < -0.4 is 10.6 Å². The number of aliphatic imine (C=N–C) groups is 1. The molecule has 0 aromatic heterocycles. The first-order valence-corrected chi connectivity index (χ1v) is 7.45. The highest BCUT2D eigenvalue weighted by Crippen LogP contribution is 2.20. The number of hydrogen-bond acceptors (Lipinski definition) is 4. The van der Waals surface area contributed by atoms with E-state index < -0.39 is 0 Å². The zero-order chi connectivity index (χ0) is 12.3. The van der Waals surface area contributed by atoms with Gasteiger partial charge in [0.25, 0.3) is 0 Å². The van der Waals surface area contributed by atoms with E-state index in [4.69, 9.17) is 0 Å². The van der Waals surface area contributed by atoms with Crippen LogP contribution in [0.2, 0.25) is 0 Å². The normalized spacial score (nSPS) is 26.0. The Balaban J connectivity index is 1.81. The van der Waals surface area contributed by atoms with Crippen LogP contribution in [-0.4, -0.2) is 35.0 Å². The summed E-state index contributed by atoms with van der Waals surface area (Å²) in [6, 6.07) is 0.672. The van der Waals surface area contributed by atoms with Gasteiger partial charge in [-0.2, -0.15) is 0 Å². The van der Waals surface area contributed by atoms with Crippen LogP contribution in [0.5, 0.6) is 0 Å². The third-order valence-electron chi connectivity index (χ3n) is 3.12. The summed E-state index contributed by atoms with van der Waals surface area (Å²) >= 11 is 1.72. The zero-order valence-electron chi connectivity index (χ0n) is 10.5. The summed E-state index contributed by atoms with van der Waals surface area (Å²) in [5, 5.41) is 7.15. The van der Waals surface area contributed by atoms with E-state index in [-0.39, 0.29) is 11.9 Å². The number of amides is 1. The van der Waals surface area contributed by atoms with Crippen LogP contribution in [0.3, 0.4) is 0 Å². The lowest BCUT2D eigenvalue weighted by atomic mass is 10.2. The van der Waals surface area contributed by atoms with Gasteiger partial charge in [-0.1, -0.05) is 18.7 Å². The molecule has 1 amide bonds. The second-order valence-electron chi connectivity index (χ2n) is 4.78. The number of carbonyl (C=O) groups excluding carboxylic acids is 1. The predicted octanol–water partition coefficient (Wildman–Crippen LogP) is 1.51. The minimum absolute atomic E-state index is 0.0921. The minimum Gasteiger partial charge on any atom is -0.353 e. The van der Waals surface area contributed by atoms with E-state index in [1.165, 1.54) is 0 Å². The molecular formula is C12H21N3OS. The van der Waals surface area contributed by atoms with E-state index in [0.29, 0.717) is 12.1 Å². The Morgan fingerprint density at radius 2 is 2.29 bits per heavy atom. The van der Waals surface area contributed by atoms with Gasteiger partial charge >= 0.3 is 0 Å². The number of carbonyl (C=O) groups is 1. The van der Waals surface area contributed by atoms with Gasteiger partial charge in [0.2, 0.25) is 5.91 Å². The number of amidine groups is 1. The van der Waals surface area contributed by atoms with Crippen molar-refractivity contribution in [3.8, 4) is 0 Å². The van der Waals surface area contributed by atoms with Crippen LogP contribution in [0.4, 0.5) is 0 Å². The van der Waals surface area contributed by atoms with Gasteiger partial charge in [0.05, 0.1) is 6.04 Å². The molecule has 2 rings (SSSR count). The molecule has 1 aliphatic carbocycles. The van der Waals surface area contributed by atoms with E-state index >= 15 is 0 Å². The molecule has 2 N–H and O–H groups in total. The molecule has 0 aromatic carbocycles. The molecule has 17 heavy (non-hydrogen) atoms. The molecule has 5 heteroatoms. The molecule has 0 bridgehead atoms. The fourth-order valence-corrected chi connectivity index (χ4v) is 2.81. The van der Waals surface area contributed by atoms with Gasteiger partial charge in [-0.3, -0.25) is 9.79 Å². The van der Waals surface area contributed by atoms with Gasteiger partial charge < -0.3 is 10.6 Å². The van der Waals surface area contributed by atoms with Gasteiger partial charge in [-0.05, 0) is 32.6 Å². The highest BCUT2D eigenvalue weighted by Gasteiger charge is 2.26. The van der Waals surface area contributed by atoms with Crippen molar-refractivity contribution in [2.45, 2.75) is 57.7 Å². The lowest BCUT2D eigenvalue weighted by Crippen LogP contribution is -2.45. The SMILES string of the molecule is CCC1CCSC(NC(C)C(=O)NC2CC2)=N1. The molecule has 1 saturated carbocycles. The molecule has 0 spiro atoms. The van der Waals surface area contributed by atoms with Crippen molar-refractivity contribution in [1.82, 2.24) is 10.6 Å². The first-order chi connectivity index (χ1) is 8.19. The number of hydrogen-bond donors (Lipinski definition) is 2. The average molecular weight is 255 g/mol. The molecule has 0 saturated heterocycles. The summed E-state index contributed by atoms with van der Waals surface area (Å²) in [7, 11) is 0. The lowest BCUT2D eigenvalue weighted by Gasteiger charge is -2.22. The number of nitrogens with zero attached hydrogens (tertiary/aromatic N) is 1. The largest absolute Gasteiger partial charge is 0.353 e. The van der Waals surface area contributed by atoms with Gasteiger partial charge in [-0.15, -0.1) is 0 Å². The number of nitrogens with one attached hydrogen (secondary N) is 2. The predicted molar refractivity (Wildman–Crippen MR) is 72.4 cm³/mol. The van der Waals surface area contributed by atoms with Crippen molar-refractivity contribution in [3.63, 3.8) is 0 Å². The average Bonchev–Trinajstić information content (AvgIpc) is 3.13. The third-order valence-corrected chi connectivity index (χ3v) is 4.05. The summed E-state index contributed by atoms with van der Waals surface area (Å²) < 4.78 is 0. The Hall–Kier alpha value is -0.710. The Bertz CT molecular complexity index is 315. The third kappa shape index (κ3) is 3.91. The van der Waals surface area contributed by atoms with Crippen LogP contribution in [-0.2, 0) is 4.79 Å². The summed E-state index contributed by atoms with van der Waals surface area (Å²) in [5.74, 6) is 1.19. The van der Waals surface area contributed by atoms with Crippen molar-refractivity contribution < 1.29 is 4.79 Å². The molecular weight excluding hydrogens is 234 g/mol. The molecule has 0 aromatic rings. The first kappa shape index (κ1) is 12.7. The van der Waals surface area contributed by atoms with Crippen molar-refractivity contribution in [2.24, 2.45) is 4.99 Å². The second-order valence-corrected chi connectivity index (χ2v) is 5.87. The second kappa shape index (κ2) is 5.76. The highest BCUT2D eigenvalue weighted by atomic mass is 32.2. The molecule has 2 aliphatic rings. The minimum atomic E-state index is -0.183. The van der Waals surface area contributed by atoms with Gasteiger partial charge in [0.15, 0.2) is 5.17 Å². The van der Waals surface area contributed by atoms with E-state index in [1.54, 1.807) is 11.8 Å². The van der Waals surface area contributed by atoms with Crippen LogP contribution >= 0.6 is 11.8 Å². The van der Waals surface area contributed by atoms with Gasteiger partial charge in [-0.25, -0.2) is 0 Å². The monoisotopic (exact) mass is 255 g/mol. The van der Waals surface area contributed by atoms with Crippen LogP contribution in [0.25, 0.3) is 0 Å². The quantitative estimate of drug-likeness (QED) is 0.801. The Kier molecular flexibility index (Phi) is 4.31. The molecule has 96 valence electrons. The first-order valence-electron chi connectivity index (χ1n) is 6.46. The summed E-state index contributed by atoms with van der Waals surface area (Å²) in [6.45, 7) is 4.06. The Morgan fingerprint density at radius 1 is 1.53 bits per heavy atom. The Labute approximate surface area is 107 Å². The van der Waals surface area contributed by atoms with E-state index in [1.807, 2.05) is 6.92 Å². The maximum absolute atomic E-state index is 11.8.